The van der Waals surface area contributed by atoms with Crippen molar-refractivity contribution in [1.82, 2.24) is 0 Å². The minimum absolute atomic E-state index is 0.957. The number of alkyl halides is 2. The first-order chi connectivity index (χ1) is 9.94. The predicted molar refractivity (Wildman–Crippen MR) is 97.9 cm³/mol. The van der Waals surface area contributed by atoms with Gasteiger partial charge in [0.2, 0.25) is 0 Å². The van der Waals surface area contributed by atoms with Crippen molar-refractivity contribution in [3.05, 3.63) is 48.6 Å². The number of allylic oxidation sites excluding steroid dienone is 8. The second kappa shape index (κ2) is 19.2. The summed E-state index contributed by atoms with van der Waals surface area (Å²) in [4.78, 5) is 0. The number of hydrogen-bond acceptors (Lipinski definition) is 0. The van der Waals surface area contributed by atoms with E-state index in [2.05, 4.69) is 48.6 Å². The SMILES string of the molecule is C1=CCC=C1.C1=CCC=C1.CC.CC.CP(C)C(C)(F)F. The third kappa shape index (κ3) is 24.6. The minimum atomic E-state index is -2.44. The maximum atomic E-state index is 11.9. The third-order valence-corrected chi connectivity index (χ3v) is 3.67. The van der Waals surface area contributed by atoms with E-state index < -0.39 is 13.6 Å². The van der Waals surface area contributed by atoms with Crippen molar-refractivity contribution in [2.45, 2.75) is 53.1 Å². The fourth-order valence-electron chi connectivity index (χ4n) is 0.786. The first kappa shape index (κ1) is 25.2. The monoisotopic (exact) mass is 318 g/mol. The highest BCUT2D eigenvalue weighted by Crippen LogP contribution is 2.44. The first-order valence-electron chi connectivity index (χ1n) is 7.63. The highest BCUT2D eigenvalue weighted by atomic mass is 31.1. The van der Waals surface area contributed by atoms with Gasteiger partial charge in [0, 0.05) is 6.92 Å². The van der Waals surface area contributed by atoms with Crippen molar-refractivity contribution in [3.8, 4) is 0 Å². The second-order valence-corrected chi connectivity index (χ2v) is 6.49. The summed E-state index contributed by atoms with van der Waals surface area (Å²) in [7, 11) is -1.07. The fraction of sp³-hybridized carbons (Fsp3) is 0.556. The van der Waals surface area contributed by atoms with E-state index in [0.717, 1.165) is 19.8 Å². The van der Waals surface area contributed by atoms with Gasteiger partial charge in [-0.2, -0.15) is 0 Å². The molecule has 0 saturated carbocycles. The summed E-state index contributed by atoms with van der Waals surface area (Å²) >= 11 is 0. The van der Waals surface area contributed by atoms with Crippen molar-refractivity contribution in [1.29, 1.82) is 0 Å². The van der Waals surface area contributed by atoms with E-state index in [1.807, 2.05) is 27.7 Å². The molecule has 0 unspecified atom stereocenters. The topological polar surface area (TPSA) is 0 Å². The highest BCUT2D eigenvalue weighted by Gasteiger charge is 2.24. The first-order valence-corrected chi connectivity index (χ1v) is 9.87. The summed E-state index contributed by atoms with van der Waals surface area (Å²) in [6.07, 6.45) is 19.0. The Balaban J connectivity index is -0.000000209. The van der Waals surface area contributed by atoms with Crippen LogP contribution in [0.5, 0.6) is 0 Å². The van der Waals surface area contributed by atoms with Crippen LogP contribution < -0.4 is 0 Å². The van der Waals surface area contributed by atoms with Crippen molar-refractivity contribution in [3.63, 3.8) is 0 Å². The molecule has 3 heteroatoms. The van der Waals surface area contributed by atoms with Gasteiger partial charge in [-0.25, -0.2) is 8.78 Å². The van der Waals surface area contributed by atoms with Crippen molar-refractivity contribution >= 4 is 7.92 Å². The van der Waals surface area contributed by atoms with Gasteiger partial charge in [-0.3, -0.25) is 0 Å². The Morgan fingerprint density at radius 3 is 0.952 bits per heavy atom. The molecule has 0 saturated heterocycles. The van der Waals surface area contributed by atoms with Crippen molar-refractivity contribution in [2.75, 3.05) is 13.3 Å². The smallest absolute Gasteiger partial charge is 0.202 e. The lowest BCUT2D eigenvalue weighted by Crippen LogP contribution is -2.03. The predicted octanol–water partition coefficient (Wildman–Crippen LogP) is 7.40. The largest absolute Gasteiger partial charge is 0.261 e. The molecule has 2 rings (SSSR count). The molecule has 0 aromatic heterocycles. The molecule has 0 nitrogen and oxygen atoms in total. The van der Waals surface area contributed by atoms with Gasteiger partial charge in [-0.15, -0.1) is 0 Å². The summed E-state index contributed by atoms with van der Waals surface area (Å²) < 4.78 is 23.7. The van der Waals surface area contributed by atoms with Gasteiger partial charge in [-0.05, 0) is 34.1 Å². The van der Waals surface area contributed by atoms with Crippen LogP contribution in [-0.4, -0.2) is 19.0 Å². The Bertz CT molecular complexity index is 253. The lowest BCUT2D eigenvalue weighted by Gasteiger charge is -2.13. The quantitative estimate of drug-likeness (QED) is 0.442. The van der Waals surface area contributed by atoms with E-state index in [0.29, 0.717) is 0 Å². The molecule has 0 aromatic rings. The molecule has 0 fully saturated rings. The maximum Gasteiger partial charge on any atom is 0.261 e. The number of rotatable bonds is 1. The van der Waals surface area contributed by atoms with Crippen LogP contribution in [0.2, 0.25) is 0 Å². The van der Waals surface area contributed by atoms with Gasteiger partial charge < -0.3 is 0 Å². The van der Waals surface area contributed by atoms with Gasteiger partial charge in [0.1, 0.15) is 0 Å². The second-order valence-electron chi connectivity index (χ2n) is 3.92. The Labute approximate surface area is 132 Å². The molecule has 21 heavy (non-hydrogen) atoms. The minimum Gasteiger partial charge on any atom is -0.202 e. The molecule has 2 aliphatic rings. The summed E-state index contributed by atoms with van der Waals surface area (Å²) in [5, 5.41) is 0. The molecule has 124 valence electrons. The maximum absolute atomic E-state index is 11.9. The van der Waals surface area contributed by atoms with Crippen LogP contribution in [0, 0.1) is 0 Å². The molecular formula is C18H33F2P. The molecule has 0 radical (unpaired) electrons. The van der Waals surface area contributed by atoms with Crippen LogP contribution >= 0.6 is 7.92 Å². The molecule has 0 heterocycles. The average molecular weight is 318 g/mol. The Hall–Kier alpha value is -0.750. The van der Waals surface area contributed by atoms with Crippen LogP contribution in [0.25, 0.3) is 0 Å². The van der Waals surface area contributed by atoms with Crippen LogP contribution in [0.15, 0.2) is 48.6 Å². The van der Waals surface area contributed by atoms with Crippen LogP contribution in [0.4, 0.5) is 8.78 Å². The summed E-state index contributed by atoms with van der Waals surface area (Å²) in [5.74, 6) is 0. The van der Waals surface area contributed by atoms with Crippen LogP contribution in [0.1, 0.15) is 47.5 Å². The van der Waals surface area contributed by atoms with Gasteiger partial charge >= 0.3 is 0 Å². The fourth-order valence-corrected chi connectivity index (χ4v) is 0.786. The van der Waals surface area contributed by atoms with E-state index in [1.165, 1.54) is 0 Å². The zero-order chi connectivity index (χ0) is 17.1. The molecule has 0 aromatic carbocycles. The molecule has 0 aliphatic heterocycles. The van der Waals surface area contributed by atoms with E-state index in [1.54, 1.807) is 13.3 Å². The standard InChI is InChI=1S/2C5H6.C4H9F2P.2C2H6/c2*1-2-4-5-3-1;1-4(5,6)7(2)3;2*1-2/h2*1-4H,5H2;1-3H3;2*1-2H3. The zero-order valence-corrected chi connectivity index (χ0v) is 15.6. The average Bonchev–Trinajstić information content (AvgIpc) is 3.20. The summed E-state index contributed by atoms with van der Waals surface area (Å²) in [6, 6.07) is 0. The van der Waals surface area contributed by atoms with Gasteiger partial charge in [0.15, 0.2) is 0 Å². The Kier molecular flexibility index (Phi) is 23.1. The molecule has 0 N–H and O–H groups in total. The van der Waals surface area contributed by atoms with Gasteiger partial charge in [0.05, 0.1) is 0 Å². The Morgan fingerprint density at radius 1 is 0.714 bits per heavy atom. The number of hydrogen-bond donors (Lipinski definition) is 0. The lowest BCUT2D eigenvalue weighted by atomic mass is 10.5. The van der Waals surface area contributed by atoms with E-state index in [-0.39, 0.29) is 0 Å². The molecule has 0 atom stereocenters. The van der Waals surface area contributed by atoms with Gasteiger partial charge in [0.25, 0.3) is 5.66 Å². The van der Waals surface area contributed by atoms with E-state index >= 15 is 0 Å². The lowest BCUT2D eigenvalue weighted by molar-refractivity contribution is 0.122. The van der Waals surface area contributed by atoms with Crippen LogP contribution in [0.3, 0.4) is 0 Å². The normalized spacial score (nSPS) is 13.2. The molecule has 0 bridgehead atoms. The number of halogens is 2. The highest BCUT2D eigenvalue weighted by molar-refractivity contribution is 7.57. The van der Waals surface area contributed by atoms with Crippen molar-refractivity contribution in [2.24, 2.45) is 0 Å². The summed E-state index contributed by atoms with van der Waals surface area (Å²) in [6.45, 7) is 12.1. The van der Waals surface area contributed by atoms with Crippen molar-refractivity contribution < 1.29 is 8.78 Å². The van der Waals surface area contributed by atoms with E-state index in [4.69, 9.17) is 0 Å². The zero-order valence-electron chi connectivity index (χ0n) is 14.7. The van der Waals surface area contributed by atoms with Gasteiger partial charge in [-0.1, -0.05) is 76.3 Å². The molecule has 0 amide bonds. The van der Waals surface area contributed by atoms with E-state index in [9.17, 15) is 8.78 Å². The molecule has 2 aliphatic carbocycles. The molecular weight excluding hydrogens is 285 g/mol. The Morgan fingerprint density at radius 2 is 0.905 bits per heavy atom. The summed E-state index contributed by atoms with van der Waals surface area (Å²) in [5.41, 5.74) is -2.44. The third-order valence-electron chi connectivity index (χ3n) is 2.10. The van der Waals surface area contributed by atoms with Crippen LogP contribution in [-0.2, 0) is 0 Å². The molecule has 0 spiro atoms.